The van der Waals surface area contributed by atoms with Crippen LogP contribution in [-0.4, -0.2) is 48.3 Å². The lowest BCUT2D eigenvalue weighted by Gasteiger charge is -2.37. The summed E-state index contributed by atoms with van der Waals surface area (Å²) in [5, 5.41) is 0. The van der Waals surface area contributed by atoms with E-state index < -0.39 is 5.60 Å². The molecule has 0 aromatic heterocycles. The maximum atomic E-state index is 12.4. The van der Waals surface area contributed by atoms with E-state index in [-0.39, 0.29) is 12.0 Å². The van der Waals surface area contributed by atoms with Crippen LogP contribution in [-0.2, 0) is 14.3 Å². The second-order valence-corrected chi connectivity index (χ2v) is 7.11. The second kappa shape index (κ2) is 6.44. The Balaban J connectivity index is 1.98. The Morgan fingerprint density at radius 1 is 1.15 bits per heavy atom. The van der Waals surface area contributed by atoms with Crippen molar-refractivity contribution in [2.45, 2.75) is 83.1 Å². The smallest absolute Gasteiger partial charge is 0.323 e. The van der Waals surface area contributed by atoms with Gasteiger partial charge in [-0.1, -0.05) is 0 Å². The van der Waals surface area contributed by atoms with Crippen LogP contribution in [0.1, 0.15) is 59.3 Å². The Bertz CT molecular complexity index is 337. The molecule has 1 aliphatic carbocycles. The molecule has 0 radical (unpaired) electrons. The van der Waals surface area contributed by atoms with Crippen molar-refractivity contribution < 1.29 is 14.3 Å². The molecule has 0 spiro atoms. The van der Waals surface area contributed by atoms with E-state index in [1.165, 1.54) is 12.8 Å². The third-order valence-electron chi connectivity index (χ3n) is 4.37. The van der Waals surface area contributed by atoms with Crippen molar-refractivity contribution >= 4 is 5.97 Å². The van der Waals surface area contributed by atoms with Crippen LogP contribution >= 0.6 is 0 Å². The first-order valence-electron chi connectivity index (χ1n) is 7.92. The molecule has 0 amide bonds. The topological polar surface area (TPSA) is 38.8 Å². The molecule has 0 aromatic rings. The average Bonchev–Trinajstić information content (AvgIpc) is 2.86. The van der Waals surface area contributed by atoms with Crippen molar-refractivity contribution in [1.82, 2.24) is 4.90 Å². The number of hydrogen-bond donors (Lipinski definition) is 0. The van der Waals surface area contributed by atoms with Gasteiger partial charge in [-0.2, -0.15) is 0 Å². The van der Waals surface area contributed by atoms with Crippen LogP contribution < -0.4 is 0 Å². The standard InChI is InChI=1S/C16H29NO3/c1-16(2,3)20-15(18)14-9-6-10-17(14)12-7-5-8-13(11-12)19-4/h12-14H,5-11H2,1-4H3/t12?,13?,14-/m1/s1. The van der Waals surface area contributed by atoms with Gasteiger partial charge in [0.25, 0.3) is 0 Å². The molecule has 4 nitrogen and oxygen atoms in total. The molecule has 0 aromatic carbocycles. The summed E-state index contributed by atoms with van der Waals surface area (Å²) in [6.07, 6.45) is 6.96. The van der Waals surface area contributed by atoms with Gasteiger partial charge in [-0.15, -0.1) is 0 Å². The van der Waals surface area contributed by atoms with E-state index >= 15 is 0 Å². The molecular formula is C16H29NO3. The first kappa shape index (κ1) is 15.8. The monoisotopic (exact) mass is 283 g/mol. The third-order valence-corrected chi connectivity index (χ3v) is 4.37. The van der Waals surface area contributed by atoms with E-state index in [2.05, 4.69) is 4.90 Å². The van der Waals surface area contributed by atoms with Crippen molar-refractivity contribution in [1.29, 1.82) is 0 Å². The fourth-order valence-electron chi connectivity index (χ4n) is 3.48. The molecule has 1 saturated carbocycles. The van der Waals surface area contributed by atoms with E-state index in [4.69, 9.17) is 9.47 Å². The number of hydrogen-bond acceptors (Lipinski definition) is 4. The van der Waals surface area contributed by atoms with Gasteiger partial charge in [-0.25, -0.2) is 0 Å². The maximum Gasteiger partial charge on any atom is 0.323 e. The van der Waals surface area contributed by atoms with E-state index in [0.29, 0.717) is 12.1 Å². The molecule has 116 valence electrons. The Kier molecular flexibility index (Phi) is 5.08. The van der Waals surface area contributed by atoms with Crippen LogP contribution in [0.25, 0.3) is 0 Å². The summed E-state index contributed by atoms with van der Waals surface area (Å²) in [7, 11) is 1.79. The molecule has 3 atom stereocenters. The van der Waals surface area contributed by atoms with Gasteiger partial charge in [0.1, 0.15) is 11.6 Å². The van der Waals surface area contributed by atoms with Crippen molar-refractivity contribution in [3.8, 4) is 0 Å². The molecule has 1 saturated heterocycles. The zero-order valence-electron chi connectivity index (χ0n) is 13.4. The molecule has 4 heteroatoms. The van der Waals surface area contributed by atoms with Crippen LogP contribution in [0.3, 0.4) is 0 Å². The number of ether oxygens (including phenoxy) is 2. The maximum absolute atomic E-state index is 12.4. The number of esters is 1. The van der Waals surface area contributed by atoms with Crippen molar-refractivity contribution in [2.75, 3.05) is 13.7 Å². The Hall–Kier alpha value is -0.610. The molecule has 2 fully saturated rings. The first-order valence-corrected chi connectivity index (χ1v) is 7.92. The van der Waals surface area contributed by atoms with Gasteiger partial charge < -0.3 is 9.47 Å². The predicted molar refractivity (Wildman–Crippen MR) is 78.6 cm³/mol. The van der Waals surface area contributed by atoms with E-state index in [9.17, 15) is 4.79 Å². The number of carbonyl (C=O) groups excluding carboxylic acids is 1. The molecule has 20 heavy (non-hydrogen) atoms. The van der Waals surface area contributed by atoms with Crippen LogP contribution in [0.4, 0.5) is 0 Å². The zero-order valence-corrected chi connectivity index (χ0v) is 13.4. The van der Waals surface area contributed by atoms with Gasteiger partial charge in [-0.3, -0.25) is 9.69 Å². The van der Waals surface area contributed by atoms with Gasteiger partial charge in [0.05, 0.1) is 6.10 Å². The molecule has 2 unspecified atom stereocenters. The molecule has 1 heterocycles. The minimum Gasteiger partial charge on any atom is -0.459 e. The summed E-state index contributed by atoms with van der Waals surface area (Å²) in [4.78, 5) is 14.7. The lowest BCUT2D eigenvalue weighted by Crippen LogP contribution is -2.48. The van der Waals surface area contributed by atoms with Crippen molar-refractivity contribution in [3.05, 3.63) is 0 Å². The van der Waals surface area contributed by atoms with Crippen LogP contribution in [0.5, 0.6) is 0 Å². The first-order chi connectivity index (χ1) is 9.40. The van der Waals surface area contributed by atoms with Gasteiger partial charge in [0, 0.05) is 13.2 Å². The van der Waals surface area contributed by atoms with E-state index in [1.54, 1.807) is 7.11 Å². The van der Waals surface area contributed by atoms with Crippen molar-refractivity contribution in [2.24, 2.45) is 0 Å². The van der Waals surface area contributed by atoms with Gasteiger partial charge in [0.2, 0.25) is 0 Å². The largest absolute Gasteiger partial charge is 0.459 e. The number of nitrogens with zero attached hydrogens (tertiary/aromatic N) is 1. The number of rotatable bonds is 3. The van der Waals surface area contributed by atoms with Crippen LogP contribution in [0.2, 0.25) is 0 Å². The molecule has 2 rings (SSSR count). The molecule has 0 bridgehead atoms. The highest BCUT2D eigenvalue weighted by Crippen LogP contribution is 2.31. The Morgan fingerprint density at radius 3 is 2.55 bits per heavy atom. The van der Waals surface area contributed by atoms with Crippen molar-refractivity contribution in [3.63, 3.8) is 0 Å². The van der Waals surface area contributed by atoms with E-state index in [0.717, 1.165) is 32.2 Å². The minimum atomic E-state index is -0.396. The fourth-order valence-corrected chi connectivity index (χ4v) is 3.48. The predicted octanol–water partition coefficient (Wildman–Crippen LogP) is 2.75. The number of methoxy groups -OCH3 is 1. The summed E-state index contributed by atoms with van der Waals surface area (Å²) in [5.74, 6) is -0.0467. The van der Waals surface area contributed by atoms with Crippen LogP contribution in [0, 0.1) is 0 Å². The Morgan fingerprint density at radius 2 is 1.90 bits per heavy atom. The van der Waals surface area contributed by atoms with E-state index in [1.807, 2.05) is 20.8 Å². The number of likely N-dealkylation sites (tertiary alicyclic amines) is 1. The number of carbonyl (C=O) groups is 1. The third kappa shape index (κ3) is 3.95. The highest BCUT2D eigenvalue weighted by atomic mass is 16.6. The fraction of sp³-hybridized carbons (Fsp3) is 0.938. The van der Waals surface area contributed by atoms with Gasteiger partial charge in [-0.05, 0) is 65.8 Å². The molecule has 0 N–H and O–H groups in total. The highest BCUT2D eigenvalue weighted by molar-refractivity contribution is 5.76. The molecule has 2 aliphatic rings. The normalized spacial score (nSPS) is 32.3. The summed E-state index contributed by atoms with van der Waals surface area (Å²) in [6, 6.07) is 0.434. The van der Waals surface area contributed by atoms with Gasteiger partial charge >= 0.3 is 5.97 Å². The minimum absolute atomic E-state index is 0.0465. The summed E-state index contributed by atoms with van der Waals surface area (Å²) in [6.45, 7) is 6.83. The average molecular weight is 283 g/mol. The molecule has 1 aliphatic heterocycles. The highest BCUT2D eigenvalue weighted by Gasteiger charge is 2.39. The summed E-state index contributed by atoms with van der Waals surface area (Å²) >= 11 is 0. The summed E-state index contributed by atoms with van der Waals surface area (Å²) in [5.41, 5.74) is -0.396. The zero-order chi connectivity index (χ0) is 14.8. The lowest BCUT2D eigenvalue weighted by molar-refractivity contribution is -0.161. The SMILES string of the molecule is COC1CCCC(N2CCC[C@@H]2C(=O)OC(C)(C)C)C1. The Labute approximate surface area is 122 Å². The quantitative estimate of drug-likeness (QED) is 0.747. The van der Waals surface area contributed by atoms with Crippen LogP contribution in [0.15, 0.2) is 0 Å². The van der Waals surface area contributed by atoms with Gasteiger partial charge in [0.15, 0.2) is 0 Å². The lowest BCUT2D eigenvalue weighted by atomic mass is 9.91. The summed E-state index contributed by atoms with van der Waals surface area (Å²) < 4.78 is 11.1. The second-order valence-electron chi connectivity index (χ2n) is 7.11. The molecular weight excluding hydrogens is 254 g/mol.